The fourth-order valence-electron chi connectivity index (χ4n) is 1.21. The first-order valence-electron chi connectivity index (χ1n) is 4.61. The fraction of sp³-hybridized carbons (Fsp3) is 0.111. The number of benzene rings is 1. The number of nitrogens with two attached hydrogens (primary N) is 1. The molecule has 0 saturated carbocycles. The van der Waals surface area contributed by atoms with E-state index in [1.165, 1.54) is 10.7 Å². The number of nitrogens with zero attached hydrogens (tertiary/aromatic N) is 4. The highest BCUT2D eigenvalue weighted by Gasteiger charge is 2.14. The Morgan fingerprint density at radius 2 is 2.29 bits per heavy atom. The number of hydrogen-bond acceptors (Lipinski definition) is 6. The van der Waals surface area contributed by atoms with Crippen LogP contribution in [0.1, 0.15) is 10.4 Å². The van der Waals surface area contributed by atoms with Crippen LogP contribution in [-0.4, -0.2) is 31.3 Å². The number of aromatic carboxylic acids is 1. The molecule has 7 nitrogen and oxygen atoms in total. The number of aryl methyl sites for hydroxylation is 1. The molecule has 0 bridgehead atoms. The van der Waals surface area contributed by atoms with Crippen molar-refractivity contribution in [3.05, 3.63) is 23.8 Å². The normalized spacial score (nSPS) is 10.4. The average molecular weight is 251 g/mol. The van der Waals surface area contributed by atoms with Gasteiger partial charge in [0.25, 0.3) is 0 Å². The number of rotatable bonds is 3. The number of anilines is 1. The van der Waals surface area contributed by atoms with Gasteiger partial charge in [0.05, 0.1) is 5.56 Å². The van der Waals surface area contributed by atoms with Gasteiger partial charge < -0.3 is 10.8 Å². The summed E-state index contributed by atoms with van der Waals surface area (Å²) in [5.74, 6) is -1.01. The zero-order chi connectivity index (χ0) is 12.4. The van der Waals surface area contributed by atoms with Crippen LogP contribution in [0.3, 0.4) is 0 Å². The molecule has 17 heavy (non-hydrogen) atoms. The average Bonchev–Trinajstić information content (AvgIpc) is 2.64. The van der Waals surface area contributed by atoms with Gasteiger partial charge in [-0.15, -0.1) is 5.10 Å². The predicted octanol–water partition coefficient (Wildman–Crippen LogP) is 0.642. The second-order valence-corrected chi connectivity index (χ2v) is 4.26. The van der Waals surface area contributed by atoms with Crippen molar-refractivity contribution in [2.75, 3.05) is 5.73 Å². The summed E-state index contributed by atoms with van der Waals surface area (Å²) >= 11 is 1.16. The van der Waals surface area contributed by atoms with E-state index in [-0.39, 0.29) is 5.56 Å². The van der Waals surface area contributed by atoms with E-state index in [9.17, 15) is 4.79 Å². The molecule has 8 heteroatoms. The van der Waals surface area contributed by atoms with Crippen LogP contribution in [0, 0.1) is 0 Å². The van der Waals surface area contributed by atoms with Crippen LogP contribution in [-0.2, 0) is 7.05 Å². The molecule has 0 amide bonds. The number of carbonyl (C=O) groups is 1. The van der Waals surface area contributed by atoms with Crippen LogP contribution >= 0.6 is 11.8 Å². The molecule has 0 fully saturated rings. The van der Waals surface area contributed by atoms with E-state index in [4.69, 9.17) is 10.8 Å². The molecule has 0 aliphatic carbocycles. The number of aromatic nitrogens is 4. The summed E-state index contributed by atoms with van der Waals surface area (Å²) in [6, 6.07) is 4.59. The highest BCUT2D eigenvalue weighted by molar-refractivity contribution is 7.99. The molecule has 0 spiro atoms. The minimum atomic E-state index is -1.01. The smallest absolute Gasteiger partial charge is 0.336 e. The first-order chi connectivity index (χ1) is 8.08. The number of tetrazole rings is 1. The Morgan fingerprint density at radius 3 is 2.88 bits per heavy atom. The SMILES string of the molecule is Cn1nnnc1Sc1cc(N)ccc1C(=O)O. The molecule has 88 valence electrons. The molecule has 0 aliphatic rings. The van der Waals surface area contributed by atoms with Crippen LogP contribution in [0.2, 0.25) is 0 Å². The van der Waals surface area contributed by atoms with Crippen molar-refractivity contribution in [2.24, 2.45) is 7.05 Å². The summed E-state index contributed by atoms with van der Waals surface area (Å²) in [5.41, 5.74) is 6.30. The third kappa shape index (κ3) is 2.36. The van der Waals surface area contributed by atoms with Gasteiger partial charge >= 0.3 is 5.97 Å². The molecule has 1 aromatic heterocycles. The second-order valence-electron chi connectivity index (χ2n) is 3.25. The van der Waals surface area contributed by atoms with E-state index in [1.807, 2.05) is 0 Å². The number of carboxylic acid groups (broad SMARTS) is 1. The van der Waals surface area contributed by atoms with Crippen molar-refractivity contribution < 1.29 is 9.90 Å². The van der Waals surface area contributed by atoms with E-state index in [0.29, 0.717) is 15.7 Å². The van der Waals surface area contributed by atoms with Gasteiger partial charge in [-0.05, 0) is 40.4 Å². The Morgan fingerprint density at radius 1 is 1.53 bits per heavy atom. The molecule has 1 aromatic carbocycles. The standard InChI is InChI=1S/C9H9N5O2S/c1-14-9(11-12-13-14)17-7-4-5(10)2-3-6(7)8(15)16/h2-4H,10H2,1H3,(H,15,16). The fourth-order valence-corrected chi connectivity index (χ4v) is 2.11. The second kappa shape index (κ2) is 4.42. The molecule has 0 radical (unpaired) electrons. The molecule has 0 unspecified atom stereocenters. The minimum absolute atomic E-state index is 0.173. The number of hydrogen-bond donors (Lipinski definition) is 2. The largest absolute Gasteiger partial charge is 0.478 e. The van der Waals surface area contributed by atoms with Gasteiger partial charge in [0.15, 0.2) is 0 Å². The number of nitrogen functional groups attached to an aromatic ring is 1. The zero-order valence-corrected chi connectivity index (χ0v) is 9.68. The van der Waals surface area contributed by atoms with Gasteiger partial charge in [-0.1, -0.05) is 0 Å². The summed E-state index contributed by atoms with van der Waals surface area (Å²) in [6.45, 7) is 0. The maximum atomic E-state index is 11.0. The summed E-state index contributed by atoms with van der Waals surface area (Å²) in [6.07, 6.45) is 0. The first-order valence-corrected chi connectivity index (χ1v) is 5.42. The minimum Gasteiger partial charge on any atom is -0.478 e. The third-order valence-electron chi connectivity index (χ3n) is 2.02. The van der Waals surface area contributed by atoms with Crippen molar-refractivity contribution in [2.45, 2.75) is 10.1 Å². The van der Waals surface area contributed by atoms with Crippen molar-refractivity contribution in [3.63, 3.8) is 0 Å². The van der Waals surface area contributed by atoms with Gasteiger partial charge in [-0.25, -0.2) is 9.48 Å². The van der Waals surface area contributed by atoms with E-state index in [2.05, 4.69) is 15.5 Å². The van der Waals surface area contributed by atoms with Crippen LogP contribution in [0.15, 0.2) is 28.3 Å². The summed E-state index contributed by atoms with van der Waals surface area (Å²) in [7, 11) is 1.68. The molecule has 0 atom stereocenters. The van der Waals surface area contributed by atoms with Crippen molar-refractivity contribution >= 4 is 23.4 Å². The van der Waals surface area contributed by atoms with Crippen molar-refractivity contribution in [3.8, 4) is 0 Å². The lowest BCUT2D eigenvalue weighted by Gasteiger charge is -2.05. The lowest BCUT2D eigenvalue weighted by molar-refractivity contribution is 0.0693. The van der Waals surface area contributed by atoms with Crippen LogP contribution in [0.5, 0.6) is 0 Å². The molecule has 2 aromatic rings. The summed E-state index contributed by atoms with van der Waals surface area (Å²) in [5, 5.41) is 20.5. The highest BCUT2D eigenvalue weighted by Crippen LogP contribution is 2.29. The zero-order valence-electron chi connectivity index (χ0n) is 8.86. The molecule has 0 aliphatic heterocycles. The molecule has 0 saturated heterocycles. The molecular formula is C9H9N5O2S. The molecule has 2 rings (SSSR count). The lowest BCUT2D eigenvalue weighted by atomic mass is 10.2. The maximum absolute atomic E-state index is 11.0. The summed E-state index contributed by atoms with van der Waals surface area (Å²) < 4.78 is 1.46. The third-order valence-corrected chi connectivity index (χ3v) is 3.10. The Kier molecular flexibility index (Phi) is 2.96. The Labute approximate surface area is 101 Å². The molecule has 1 heterocycles. The first kappa shape index (κ1) is 11.4. The van der Waals surface area contributed by atoms with E-state index in [1.54, 1.807) is 19.2 Å². The van der Waals surface area contributed by atoms with E-state index < -0.39 is 5.97 Å². The molecule has 3 N–H and O–H groups in total. The Balaban J connectivity index is 2.41. The monoisotopic (exact) mass is 251 g/mol. The number of carboxylic acids is 1. The topological polar surface area (TPSA) is 107 Å². The van der Waals surface area contributed by atoms with Gasteiger partial charge in [-0.2, -0.15) is 0 Å². The summed E-state index contributed by atoms with van der Waals surface area (Å²) in [4.78, 5) is 11.5. The highest BCUT2D eigenvalue weighted by atomic mass is 32.2. The quantitative estimate of drug-likeness (QED) is 0.771. The van der Waals surface area contributed by atoms with Crippen LogP contribution in [0.25, 0.3) is 0 Å². The van der Waals surface area contributed by atoms with Crippen molar-refractivity contribution in [1.82, 2.24) is 20.2 Å². The molecular weight excluding hydrogens is 242 g/mol. The van der Waals surface area contributed by atoms with Crippen molar-refractivity contribution in [1.29, 1.82) is 0 Å². The van der Waals surface area contributed by atoms with E-state index in [0.717, 1.165) is 11.8 Å². The van der Waals surface area contributed by atoms with Gasteiger partial charge in [-0.3, -0.25) is 0 Å². The Hall–Kier alpha value is -2.09. The Bertz CT molecular complexity index is 568. The maximum Gasteiger partial charge on any atom is 0.336 e. The van der Waals surface area contributed by atoms with E-state index >= 15 is 0 Å². The van der Waals surface area contributed by atoms with Crippen LogP contribution in [0.4, 0.5) is 5.69 Å². The van der Waals surface area contributed by atoms with Gasteiger partial charge in [0.1, 0.15) is 0 Å². The predicted molar refractivity (Wildman–Crippen MR) is 60.7 cm³/mol. The lowest BCUT2D eigenvalue weighted by Crippen LogP contribution is -2.01. The van der Waals surface area contributed by atoms with Gasteiger partial charge in [0, 0.05) is 17.6 Å². The van der Waals surface area contributed by atoms with Gasteiger partial charge in [0.2, 0.25) is 5.16 Å². The van der Waals surface area contributed by atoms with Crippen LogP contribution < -0.4 is 5.73 Å².